The highest BCUT2D eigenvalue weighted by molar-refractivity contribution is 5.92. The predicted molar refractivity (Wildman–Crippen MR) is 78.9 cm³/mol. The number of nitrogens with one attached hydrogen (secondary N) is 1. The molecule has 3 N–H and O–H groups in total. The molecule has 1 aliphatic heterocycles. The molecule has 1 heterocycles. The van der Waals surface area contributed by atoms with Crippen LogP contribution in [0.3, 0.4) is 0 Å². The van der Waals surface area contributed by atoms with E-state index in [4.69, 9.17) is 5.73 Å². The molecule has 4 nitrogen and oxygen atoms in total. The maximum absolute atomic E-state index is 12.1. The summed E-state index contributed by atoms with van der Waals surface area (Å²) in [5, 5.41) is 2.90. The molecule has 1 saturated heterocycles. The lowest BCUT2D eigenvalue weighted by molar-refractivity contribution is -0.118. The summed E-state index contributed by atoms with van der Waals surface area (Å²) in [6, 6.07) is 7.78. The van der Waals surface area contributed by atoms with Crippen LogP contribution in [0.15, 0.2) is 24.3 Å². The number of rotatable bonds is 3. The highest BCUT2D eigenvalue weighted by Crippen LogP contribution is 2.21. The fourth-order valence-electron chi connectivity index (χ4n) is 2.60. The van der Waals surface area contributed by atoms with Crippen LogP contribution in [0.25, 0.3) is 0 Å². The topological polar surface area (TPSA) is 58.4 Å². The Hall–Kier alpha value is -1.55. The van der Waals surface area contributed by atoms with Crippen molar-refractivity contribution in [1.29, 1.82) is 0 Å². The molecule has 2 atom stereocenters. The number of anilines is 2. The van der Waals surface area contributed by atoms with Crippen molar-refractivity contribution in [3.8, 4) is 0 Å². The minimum absolute atomic E-state index is 0.0338. The largest absolute Gasteiger partial charge is 0.399 e. The molecule has 0 aliphatic carbocycles. The number of hydrogen-bond donors (Lipinski definition) is 2. The van der Waals surface area contributed by atoms with Crippen LogP contribution in [0.4, 0.5) is 11.4 Å². The molecule has 0 spiro atoms. The summed E-state index contributed by atoms with van der Waals surface area (Å²) in [5.41, 5.74) is 7.13. The van der Waals surface area contributed by atoms with Gasteiger partial charge in [0.2, 0.25) is 5.91 Å². The smallest absolute Gasteiger partial charge is 0.238 e. The Kier molecular flexibility index (Phi) is 4.43. The summed E-state index contributed by atoms with van der Waals surface area (Å²) in [7, 11) is 0. The molecule has 19 heavy (non-hydrogen) atoms. The molecule has 0 saturated carbocycles. The first-order chi connectivity index (χ1) is 9.04. The Morgan fingerprint density at radius 3 is 2.95 bits per heavy atom. The van der Waals surface area contributed by atoms with Gasteiger partial charge in [-0.25, -0.2) is 0 Å². The van der Waals surface area contributed by atoms with Crippen molar-refractivity contribution in [2.24, 2.45) is 5.92 Å². The average molecular weight is 261 g/mol. The van der Waals surface area contributed by atoms with Crippen molar-refractivity contribution < 1.29 is 4.79 Å². The minimum Gasteiger partial charge on any atom is -0.399 e. The van der Waals surface area contributed by atoms with Gasteiger partial charge >= 0.3 is 0 Å². The Morgan fingerprint density at radius 1 is 1.42 bits per heavy atom. The molecule has 0 bridgehead atoms. The summed E-state index contributed by atoms with van der Waals surface area (Å²) in [4.78, 5) is 14.3. The Bertz CT molecular complexity index is 447. The number of hydrogen-bond acceptors (Lipinski definition) is 3. The van der Waals surface area contributed by atoms with Crippen LogP contribution in [0.5, 0.6) is 0 Å². The second kappa shape index (κ2) is 6.06. The second-order valence-corrected chi connectivity index (χ2v) is 5.63. The first kappa shape index (κ1) is 13.9. The summed E-state index contributed by atoms with van der Waals surface area (Å²) in [6.45, 7) is 5.90. The maximum Gasteiger partial charge on any atom is 0.238 e. The maximum atomic E-state index is 12.1. The van der Waals surface area contributed by atoms with Gasteiger partial charge in [0.25, 0.3) is 0 Å². The molecule has 4 heteroatoms. The van der Waals surface area contributed by atoms with Crippen LogP contribution in [-0.2, 0) is 4.79 Å². The van der Waals surface area contributed by atoms with Gasteiger partial charge in [-0.1, -0.05) is 13.0 Å². The van der Waals surface area contributed by atoms with Crippen molar-refractivity contribution in [1.82, 2.24) is 4.90 Å². The van der Waals surface area contributed by atoms with Gasteiger partial charge in [-0.3, -0.25) is 9.69 Å². The standard InChI is InChI=1S/C15H23N3O/c1-11-6-7-12(2)18(9-11)10-15(19)17-14-5-3-4-13(16)8-14/h3-5,8,11-12H,6-7,9-10,16H2,1-2H3,(H,17,19). The molecule has 0 radical (unpaired) electrons. The SMILES string of the molecule is CC1CCC(C)N(CC(=O)Nc2cccc(N)c2)C1. The number of carbonyl (C=O) groups excluding carboxylic acids is 1. The van der Waals surface area contributed by atoms with E-state index >= 15 is 0 Å². The third-order valence-corrected chi connectivity index (χ3v) is 3.76. The zero-order valence-corrected chi connectivity index (χ0v) is 11.7. The van der Waals surface area contributed by atoms with Crippen LogP contribution >= 0.6 is 0 Å². The van der Waals surface area contributed by atoms with Crippen LogP contribution in [0, 0.1) is 5.92 Å². The second-order valence-electron chi connectivity index (χ2n) is 5.63. The summed E-state index contributed by atoms with van der Waals surface area (Å²) in [6.07, 6.45) is 2.43. The van der Waals surface area contributed by atoms with Gasteiger partial charge in [0.1, 0.15) is 0 Å². The van der Waals surface area contributed by atoms with Gasteiger partial charge < -0.3 is 11.1 Å². The summed E-state index contributed by atoms with van der Waals surface area (Å²) >= 11 is 0. The molecular weight excluding hydrogens is 238 g/mol. The minimum atomic E-state index is 0.0338. The van der Waals surface area contributed by atoms with Crippen molar-refractivity contribution in [2.75, 3.05) is 24.1 Å². The van der Waals surface area contributed by atoms with Crippen molar-refractivity contribution in [3.05, 3.63) is 24.3 Å². The Labute approximate surface area is 115 Å². The van der Waals surface area contributed by atoms with Gasteiger partial charge in [-0.15, -0.1) is 0 Å². The quantitative estimate of drug-likeness (QED) is 0.821. The number of nitrogen functional groups attached to an aromatic ring is 1. The van der Waals surface area contributed by atoms with Gasteiger partial charge in [-0.05, 0) is 43.9 Å². The number of amides is 1. The van der Waals surface area contributed by atoms with E-state index in [1.165, 1.54) is 12.8 Å². The number of benzene rings is 1. The van der Waals surface area contributed by atoms with Crippen LogP contribution in [-0.4, -0.2) is 29.9 Å². The number of nitrogens with two attached hydrogens (primary N) is 1. The van der Waals surface area contributed by atoms with E-state index in [1.807, 2.05) is 18.2 Å². The van der Waals surface area contributed by atoms with Gasteiger partial charge in [0.15, 0.2) is 0 Å². The molecule has 1 aromatic carbocycles. The van der Waals surface area contributed by atoms with E-state index in [-0.39, 0.29) is 5.91 Å². The highest BCUT2D eigenvalue weighted by Gasteiger charge is 2.24. The molecule has 0 aromatic heterocycles. The monoisotopic (exact) mass is 261 g/mol. The Balaban J connectivity index is 1.90. The molecule has 1 aliphatic rings. The Morgan fingerprint density at radius 2 is 2.21 bits per heavy atom. The lowest BCUT2D eigenvalue weighted by atomic mass is 9.95. The fourth-order valence-corrected chi connectivity index (χ4v) is 2.60. The molecular formula is C15H23N3O. The molecule has 2 unspecified atom stereocenters. The van der Waals surface area contributed by atoms with E-state index in [9.17, 15) is 4.79 Å². The fraction of sp³-hybridized carbons (Fsp3) is 0.533. The first-order valence-corrected chi connectivity index (χ1v) is 6.94. The highest BCUT2D eigenvalue weighted by atomic mass is 16.2. The van der Waals surface area contributed by atoms with E-state index in [0.717, 1.165) is 12.2 Å². The van der Waals surface area contributed by atoms with Gasteiger partial charge in [-0.2, -0.15) is 0 Å². The van der Waals surface area contributed by atoms with Gasteiger partial charge in [0.05, 0.1) is 6.54 Å². The van der Waals surface area contributed by atoms with Gasteiger partial charge in [0, 0.05) is 24.0 Å². The zero-order valence-electron chi connectivity index (χ0n) is 11.7. The average Bonchev–Trinajstić information content (AvgIpc) is 2.34. The van der Waals surface area contributed by atoms with E-state index < -0.39 is 0 Å². The lowest BCUT2D eigenvalue weighted by Crippen LogP contribution is -2.45. The van der Waals surface area contributed by atoms with E-state index in [0.29, 0.717) is 24.2 Å². The first-order valence-electron chi connectivity index (χ1n) is 6.94. The van der Waals surface area contributed by atoms with Crippen molar-refractivity contribution >= 4 is 17.3 Å². The molecule has 1 amide bonds. The lowest BCUT2D eigenvalue weighted by Gasteiger charge is -2.36. The number of nitrogens with zero attached hydrogens (tertiary/aromatic N) is 1. The molecule has 1 aromatic rings. The van der Waals surface area contributed by atoms with Crippen LogP contribution in [0.2, 0.25) is 0 Å². The summed E-state index contributed by atoms with van der Waals surface area (Å²) in [5.74, 6) is 0.711. The zero-order chi connectivity index (χ0) is 13.8. The third kappa shape index (κ3) is 3.96. The van der Waals surface area contributed by atoms with Crippen molar-refractivity contribution in [2.45, 2.75) is 32.7 Å². The molecule has 2 rings (SSSR count). The van der Waals surface area contributed by atoms with Crippen LogP contribution < -0.4 is 11.1 Å². The van der Waals surface area contributed by atoms with E-state index in [1.54, 1.807) is 6.07 Å². The third-order valence-electron chi connectivity index (χ3n) is 3.76. The summed E-state index contributed by atoms with van der Waals surface area (Å²) < 4.78 is 0. The number of likely N-dealkylation sites (tertiary alicyclic amines) is 1. The number of piperidine rings is 1. The molecule has 1 fully saturated rings. The molecule has 104 valence electrons. The van der Waals surface area contributed by atoms with Crippen molar-refractivity contribution in [3.63, 3.8) is 0 Å². The predicted octanol–water partition coefficient (Wildman–Crippen LogP) is 2.33. The van der Waals surface area contributed by atoms with Crippen LogP contribution in [0.1, 0.15) is 26.7 Å². The number of carbonyl (C=O) groups is 1. The van der Waals surface area contributed by atoms with E-state index in [2.05, 4.69) is 24.1 Å². The normalized spacial score (nSPS) is 24.1.